The lowest BCUT2D eigenvalue weighted by Gasteiger charge is -2.36. The Morgan fingerprint density at radius 3 is 2.28 bits per heavy atom. The second-order valence-corrected chi connectivity index (χ2v) is 7.22. The molecule has 0 aliphatic carbocycles. The molecular weight excluding hydrogens is 362 g/mol. The van der Waals surface area contributed by atoms with Gasteiger partial charge in [0.25, 0.3) is 0 Å². The Balaban J connectivity index is 1.42. The van der Waals surface area contributed by atoms with Gasteiger partial charge in [0.1, 0.15) is 11.5 Å². The van der Waals surface area contributed by atoms with Crippen molar-refractivity contribution >= 4 is 5.69 Å². The summed E-state index contributed by atoms with van der Waals surface area (Å²) < 4.78 is 11.0. The average molecular weight is 389 g/mol. The largest absolute Gasteiger partial charge is 0.496 e. The highest BCUT2D eigenvalue weighted by Crippen LogP contribution is 2.30. The number of hydrogen-bond donors (Lipinski definition) is 0. The predicted molar refractivity (Wildman–Crippen MR) is 117 cm³/mol. The molecule has 0 radical (unpaired) electrons. The van der Waals surface area contributed by atoms with Crippen molar-refractivity contribution in [1.29, 1.82) is 0 Å². The summed E-state index contributed by atoms with van der Waals surface area (Å²) in [6.07, 6.45) is 3.87. The summed E-state index contributed by atoms with van der Waals surface area (Å²) in [5.74, 6) is 1.81. The zero-order chi connectivity index (χ0) is 20.1. The van der Waals surface area contributed by atoms with Crippen LogP contribution in [0.15, 0.2) is 67.0 Å². The highest BCUT2D eigenvalue weighted by atomic mass is 16.5. The van der Waals surface area contributed by atoms with Crippen molar-refractivity contribution in [2.24, 2.45) is 0 Å². The SMILES string of the molecule is COc1ccccc1-c1cncc(CN2CCN(c3ccccc3OC)CC2)c1. The van der Waals surface area contributed by atoms with Crippen LogP contribution in [0.25, 0.3) is 11.1 Å². The van der Waals surface area contributed by atoms with Crippen LogP contribution in [-0.2, 0) is 6.54 Å². The van der Waals surface area contributed by atoms with Gasteiger partial charge in [0, 0.05) is 56.2 Å². The molecule has 1 aliphatic rings. The Bertz CT molecular complexity index is 952. The van der Waals surface area contributed by atoms with Crippen LogP contribution < -0.4 is 14.4 Å². The van der Waals surface area contributed by atoms with Gasteiger partial charge in [-0.1, -0.05) is 30.3 Å². The Labute approximate surface area is 172 Å². The number of methoxy groups -OCH3 is 2. The molecule has 1 saturated heterocycles. The molecule has 2 heterocycles. The molecule has 0 N–H and O–H groups in total. The van der Waals surface area contributed by atoms with E-state index in [1.54, 1.807) is 14.2 Å². The topological polar surface area (TPSA) is 37.8 Å². The molecule has 0 bridgehead atoms. The average Bonchev–Trinajstić information content (AvgIpc) is 2.80. The van der Waals surface area contributed by atoms with Gasteiger partial charge in [-0.3, -0.25) is 9.88 Å². The van der Waals surface area contributed by atoms with Crippen LogP contribution in [0.1, 0.15) is 5.56 Å². The smallest absolute Gasteiger partial charge is 0.142 e. The Morgan fingerprint density at radius 2 is 1.52 bits per heavy atom. The number of piperazine rings is 1. The lowest BCUT2D eigenvalue weighted by atomic mass is 10.0. The molecule has 29 heavy (non-hydrogen) atoms. The minimum absolute atomic E-state index is 0.872. The highest BCUT2D eigenvalue weighted by molar-refractivity contribution is 5.70. The second-order valence-electron chi connectivity index (χ2n) is 7.22. The van der Waals surface area contributed by atoms with Crippen LogP contribution in [0.5, 0.6) is 11.5 Å². The second kappa shape index (κ2) is 8.97. The summed E-state index contributed by atoms with van der Waals surface area (Å²) in [4.78, 5) is 9.36. The van der Waals surface area contributed by atoms with E-state index < -0.39 is 0 Å². The van der Waals surface area contributed by atoms with Gasteiger partial charge < -0.3 is 14.4 Å². The number of hydrogen-bond acceptors (Lipinski definition) is 5. The number of anilines is 1. The number of benzene rings is 2. The molecule has 0 atom stereocenters. The maximum atomic E-state index is 5.52. The van der Waals surface area contributed by atoms with Gasteiger partial charge in [0.15, 0.2) is 0 Å². The fourth-order valence-corrected chi connectivity index (χ4v) is 3.90. The lowest BCUT2D eigenvalue weighted by molar-refractivity contribution is 0.249. The van der Waals surface area contributed by atoms with Crippen molar-refractivity contribution < 1.29 is 9.47 Å². The van der Waals surface area contributed by atoms with Crippen molar-refractivity contribution in [1.82, 2.24) is 9.88 Å². The van der Waals surface area contributed by atoms with E-state index in [9.17, 15) is 0 Å². The Kier molecular flexibility index (Phi) is 5.96. The first kappa shape index (κ1) is 19.3. The van der Waals surface area contributed by atoms with Crippen LogP contribution in [0, 0.1) is 0 Å². The minimum atomic E-state index is 0.872. The van der Waals surface area contributed by atoms with Gasteiger partial charge in [-0.15, -0.1) is 0 Å². The lowest BCUT2D eigenvalue weighted by Crippen LogP contribution is -2.46. The zero-order valence-electron chi connectivity index (χ0n) is 17.0. The van der Waals surface area contributed by atoms with Gasteiger partial charge in [-0.2, -0.15) is 0 Å². The normalized spacial score (nSPS) is 14.6. The van der Waals surface area contributed by atoms with E-state index in [-0.39, 0.29) is 0 Å². The molecule has 1 fully saturated rings. The van der Waals surface area contributed by atoms with Gasteiger partial charge in [0.05, 0.1) is 19.9 Å². The Morgan fingerprint density at radius 1 is 0.828 bits per heavy atom. The summed E-state index contributed by atoms with van der Waals surface area (Å²) in [6.45, 7) is 4.89. The molecule has 5 heteroatoms. The molecule has 1 aromatic heterocycles. The quantitative estimate of drug-likeness (QED) is 0.635. The molecule has 3 aromatic rings. The van der Waals surface area contributed by atoms with E-state index in [0.29, 0.717) is 0 Å². The molecule has 5 nitrogen and oxygen atoms in total. The van der Waals surface area contributed by atoms with Crippen molar-refractivity contribution in [2.45, 2.75) is 6.54 Å². The number of nitrogens with zero attached hydrogens (tertiary/aromatic N) is 3. The van der Waals surface area contributed by atoms with Crippen molar-refractivity contribution in [2.75, 3.05) is 45.3 Å². The number of pyridine rings is 1. The van der Waals surface area contributed by atoms with E-state index in [0.717, 1.165) is 55.3 Å². The standard InChI is InChI=1S/C24H27N3O2/c1-28-23-9-5-3-7-21(23)20-15-19(16-25-17-20)18-26-11-13-27(14-12-26)22-8-4-6-10-24(22)29-2/h3-10,15-17H,11-14,18H2,1-2H3. The van der Waals surface area contributed by atoms with Crippen LogP contribution >= 0.6 is 0 Å². The zero-order valence-corrected chi connectivity index (χ0v) is 17.0. The minimum Gasteiger partial charge on any atom is -0.496 e. The van der Waals surface area contributed by atoms with E-state index in [4.69, 9.17) is 9.47 Å². The fourth-order valence-electron chi connectivity index (χ4n) is 3.90. The van der Waals surface area contributed by atoms with Crippen LogP contribution in [0.2, 0.25) is 0 Å². The van der Waals surface area contributed by atoms with Crippen molar-refractivity contribution in [3.05, 3.63) is 72.6 Å². The summed E-state index contributed by atoms with van der Waals surface area (Å²) in [5.41, 5.74) is 4.56. The molecule has 150 valence electrons. The molecule has 0 unspecified atom stereocenters. The van der Waals surface area contributed by atoms with E-state index in [1.807, 2.05) is 42.7 Å². The molecule has 1 aliphatic heterocycles. The van der Waals surface area contributed by atoms with Crippen molar-refractivity contribution in [3.63, 3.8) is 0 Å². The first-order valence-corrected chi connectivity index (χ1v) is 9.96. The van der Waals surface area contributed by atoms with Crippen LogP contribution in [0.4, 0.5) is 5.69 Å². The van der Waals surface area contributed by atoms with Crippen LogP contribution in [0.3, 0.4) is 0 Å². The van der Waals surface area contributed by atoms with E-state index in [1.165, 1.54) is 11.3 Å². The van der Waals surface area contributed by atoms with Gasteiger partial charge >= 0.3 is 0 Å². The fraction of sp³-hybridized carbons (Fsp3) is 0.292. The van der Waals surface area contributed by atoms with Gasteiger partial charge in [-0.05, 0) is 29.8 Å². The summed E-state index contributed by atoms with van der Waals surface area (Å²) in [6, 6.07) is 18.5. The third-order valence-electron chi connectivity index (χ3n) is 5.42. The Hall–Kier alpha value is -3.05. The van der Waals surface area contributed by atoms with E-state index >= 15 is 0 Å². The number of rotatable bonds is 6. The third kappa shape index (κ3) is 4.35. The molecule has 4 rings (SSSR count). The first-order valence-electron chi connectivity index (χ1n) is 9.96. The van der Waals surface area contributed by atoms with Crippen LogP contribution in [-0.4, -0.2) is 50.3 Å². The number of aromatic nitrogens is 1. The van der Waals surface area contributed by atoms with E-state index in [2.05, 4.69) is 39.0 Å². The van der Waals surface area contributed by atoms with Crippen molar-refractivity contribution in [3.8, 4) is 22.6 Å². The van der Waals surface area contributed by atoms with Gasteiger partial charge in [0.2, 0.25) is 0 Å². The number of ether oxygens (including phenoxy) is 2. The number of para-hydroxylation sites is 3. The molecule has 0 spiro atoms. The molecule has 0 saturated carbocycles. The highest BCUT2D eigenvalue weighted by Gasteiger charge is 2.20. The summed E-state index contributed by atoms with van der Waals surface area (Å²) in [7, 11) is 3.44. The molecular formula is C24H27N3O2. The maximum absolute atomic E-state index is 5.52. The predicted octanol–water partition coefficient (Wildman–Crippen LogP) is 4.09. The monoisotopic (exact) mass is 389 g/mol. The summed E-state index contributed by atoms with van der Waals surface area (Å²) in [5, 5.41) is 0. The molecule has 2 aromatic carbocycles. The maximum Gasteiger partial charge on any atom is 0.142 e. The third-order valence-corrected chi connectivity index (χ3v) is 5.42. The summed E-state index contributed by atoms with van der Waals surface area (Å²) >= 11 is 0. The molecule has 0 amide bonds. The van der Waals surface area contributed by atoms with Gasteiger partial charge in [-0.25, -0.2) is 0 Å². The first-order chi connectivity index (χ1) is 14.3.